The molecule has 2 aliphatic rings. The Kier molecular flexibility index (Phi) is 3.99. The van der Waals surface area contributed by atoms with Crippen LogP contribution in [0.5, 0.6) is 0 Å². The van der Waals surface area contributed by atoms with Gasteiger partial charge in [0.15, 0.2) is 0 Å². The largest absolute Gasteiger partial charge is 0.353 e. The van der Waals surface area contributed by atoms with Gasteiger partial charge in [-0.15, -0.1) is 0 Å². The quantitative estimate of drug-likeness (QED) is 0.710. The smallest absolute Gasteiger partial charge is 0.223 e. The van der Waals surface area contributed by atoms with Gasteiger partial charge >= 0.3 is 0 Å². The molecule has 2 unspecified atom stereocenters. The van der Waals surface area contributed by atoms with Crippen LogP contribution in [0.1, 0.15) is 32.6 Å². The Labute approximate surface area is 97.7 Å². The summed E-state index contributed by atoms with van der Waals surface area (Å²) >= 11 is 0. The molecule has 1 saturated heterocycles. The summed E-state index contributed by atoms with van der Waals surface area (Å²) < 4.78 is 0. The highest BCUT2D eigenvalue weighted by Crippen LogP contribution is 2.19. The topological polar surface area (TPSA) is 41.1 Å². The fourth-order valence-corrected chi connectivity index (χ4v) is 2.60. The van der Waals surface area contributed by atoms with E-state index in [0.29, 0.717) is 12.0 Å². The molecule has 0 aromatic heterocycles. The molecule has 3 heteroatoms. The molecule has 0 radical (unpaired) electrons. The van der Waals surface area contributed by atoms with Crippen molar-refractivity contribution in [3.8, 4) is 0 Å². The van der Waals surface area contributed by atoms with E-state index in [1.807, 2.05) is 0 Å². The summed E-state index contributed by atoms with van der Waals surface area (Å²) in [6.07, 6.45) is 8.52. The van der Waals surface area contributed by atoms with Crippen LogP contribution in [0, 0.1) is 11.8 Å². The molecule has 1 fully saturated rings. The van der Waals surface area contributed by atoms with E-state index in [1.165, 1.54) is 12.8 Å². The van der Waals surface area contributed by atoms with Crippen LogP contribution in [0.2, 0.25) is 0 Å². The van der Waals surface area contributed by atoms with Gasteiger partial charge < -0.3 is 10.6 Å². The number of amides is 1. The first kappa shape index (κ1) is 11.6. The van der Waals surface area contributed by atoms with Crippen molar-refractivity contribution in [1.29, 1.82) is 0 Å². The van der Waals surface area contributed by atoms with Gasteiger partial charge in [-0.1, -0.05) is 12.2 Å². The molecule has 1 aliphatic heterocycles. The van der Waals surface area contributed by atoms with Gasteiger partial charge in [-0.25, -0.2) is 0 Å². The van der Waals surface area contributed by atoms with E-state index in [-0.39, 0.29) is 11.8 Å². The molecule has 1 aliphatic carbocycles. The normalized spacial score (nSPS) is 27.9. The Balaban J connectivity index is 1.76. The minimum atomic E-state index is 0.194. The molecular formula is C13H22N2O. The zero-order valence-electron chi connectivity index (χ0n) is 10.0. The number of hydrogen-bond donors (Lipinski definition) is 2. The van der Waals surface area contributed by atoms with Crippen LogP contribution < -0.4 is 10.6 Å². The molecule has 2 rings (SSSR count). The van der Waals surface area contributed by atoms with E-state index < -0.39 is 0 Å². The second-order valence-corrected chi connectivity index (χ2v) is 5.04. The van der Waals surface area contributed by atoms with Crippen LogP contribution in [0.25, 0.3) is 0 Å². The summed E-state index contributed by atoms with van der Waals surface area (Å²) in [4.78, 5) is 11.9. The third-order valence-electron chi connectivity index (χ3n) is 3.79. The molecular weight excluding hydrogens is 200 g/mol. The Morgan fingerprint density at radius 3 is 2.81 bits per heavy atom. The van der Waals surface area contributed by atoms with Gasteiger partial charge in [-0.3, -0.25) is 4.79 Å². The molecule has 3 nitrogen and oxygen atoms in total. The van der Waals surface area contributed by atoms with E-state index in [9.17, 15) is 4.79 Å². The van der Waals surface area contributed by atoms with Crippen molar-refractivity contribution in [3.63, 3.8) is 0 Å². The standard InChI is InChI=1S/C13H22N2O/c1-10(12-7-4-8-14-9-12)15-13(16)11-5-2-3-6-11/h2-3,10-12,14H,4-9H2,1H3,(H,15,16). The fraction of sp³-hybridized carbons (Fsp3) is 0.769. The van der Waals surface area contributed by atoms with E-state index in [1.54, 1.807) is 0 Å². The minimum Gasteiger partial charge on any atom is -0.353 e. The van der Waals surface area contributed by atoms with Gasteiger partial charge in [-0.2, -0.15) is 0 Å². The maximum atomic E-state index is 11.9. The lowest BCUT2D eigenvalue weighted by Crippen LogP contribution is -2.46. The third-order valence-corrected chi connectivity index (χ3v) is 3.79. The fourth-order valence-electron chi connectivity index (χ4n) is 2.60. The summed E-state index contributed by atoms with van der Waals surface area (Å²) in [5, 5.41) is 6.57. The average molecular weight is 222 g/mol. The van der Waals surface area contributed by atoms with Crippen molar-refractivity contribution >= 4 is 5.91 Å². The lowest BCUT2D eigenvalue weighted by molar-refractivity contribution is -0.125. The van der Waals surface area contributed by atoms with E-state index in [0.717, 1.165) is 25.9 Å². The molecule has 2 atom stereocenters. The molecule has 16 heavy (non-hydrogen) atoms. The number of piperidine rings is 1. The molecule has 1 heterocycles. The summed E-state index contributed by atoms with van der Waals surface area (Å²) in [5.74, 6) is 1.04. The molecule has 2 N–H and O–H groups in total. The highest BCUT2D eigenvalue weighted by molar-refractivity contribution is 5.79. The van der Waals surface area contributed by atoms with Crippen molar-refractivity contribution in [3.05, 3.63) is 12.2 Å². The highest BCUT2D eigenvalue weighted by atomic mass is 16.1. The van der Waals surface area contributed by atoms with Gasteiger partial charge in [0.25, 0.3) is 0 Å². The predicted molar refractivity (Wildman–Crippen MR) is 65.1 cm³/mol. The van der Waals surface area contributed by atoms with Crippen LogP contribution >= 0.6 is 0 Å². The maximum absolute atomic E-state index is 11.9. The second kappa shape index (κ2) is 5.48. The highest BCUT2D eigenvalue weighted by Gasteiger charge is 2.25. The molecule has 0 saturated carbocycles. The first-order chi connectivity index (χ1) is 7.77. The van der Waals surface area contributed by atoms with Crippen molar-refractivity contribution in [2.45, 2.75) is 38.6 Å². The van der Waals surface area contributed by atoms with Crippen LogP contribution in [0.4, 0.5) is 0 Å². The summed E-state index contributed by atoms with van der Waals surface area (Å²) in [6, 6.07) is 0.306. The van der Waals surface area contributed by atoms with Crippen molar-refractivity contribution < 1.29 is 4.79 Å². The molecule has 0 aromatic carbocycles. The lowest BCUT2D eigenvalue weighted by Gasteiger charge is -2.29. The Hall–Kier alpha value is -0.830. The zero-order valence-corrected chi connectivity index (χ0v) is 10.0. The van der Waals surface area contributed by atoms with E-state index in [2.05, 4.69) is 29.7 Å². The predicted octanol–water partition coefficient (Wildman–Crippen LogP) is 1.46. The Morgan fingerprint density at radius 1 is 1.44 bits per heavy atom. The first-order valence-corrected chi connectivity index (χ1v) is 6.43. The van der Waals surface area contributed by atoms with Crippen molar-refractivity contribution in [2.24, 2.45) is 11.8 Å². The minimum absolute atomic E-state index is 0.194. The van der Waals surface area contributed by atoms with Gasteiger partial charge in [0.05, 0.1) is 0 Å². The van der Waals surface area contributed by atoms with Gasteiger partial charge in [0.2, 0.25) is 5.91 Å². The SMILES string of the molecule is CC(NC(=O)C1CC=CC1)C1CCCNC1. The van der Waals surface area contributed by atoms with Crippen LogP contribution in [0.3, 0.4) is 0 Å². The number of nitrogens with one attached hydrogen (secondary N) is 2. The summed E-state index contributed by atoms with van der Waals surface area (Å²) in [7, 11) is 0. The van der Waals surface area contributed by atoms with Gasteiger partial charge in [0, 0.05) is 12.0 Å². The van der Waals surface area contributed by atoms with E-state index in [4.69, 9.17) is 0 Å². The monoisotopic (exact) mass is 222 g/mol. The summed E-state index contributed by atoms with van der Waals surface area (Å²) in [5.41, 5.74) is 0. The van der Waals surface area contributed by atoms with Crippen LogP contribution in [-0.4, -0.2) is 25.0 Å². The molecule has 0 spiro atoms. The number of allylic oxidation sites excluding steroid dienone is 2. The van der Waals surface area contributed by atoms with Gasteiger partial charge in [-0.05, 0) is 51.6 Å². The lowest BCUT2D eigenvalue weighted by atomic mass is 9.92. The molecule has 0 aromatic rings. The number of rotatable bonds is 3. The first-order valence-electron chi connectivity index (χ1n) is 6.43. The number of carbonyl (C=O) groups is 1. The van der Waals surface area contributed by atoms with Crippen molar-refractivity contribution in [1.82, 2.24) is 10.6 Å². The third kappa shape index (κ3) is 2.85. The van der Waals surface area contributed by atoms with Crippen LogP contribution in [-0.2, 0) is 4.79 Å². The zero-order chi connectivity index (χ0) is 11.4. The second-order valence-electron chi connectivity index (χ2n) is 5.04. The molecule has 90 valence electrons. The van der Waals surface area contributed by atoms with Crippen molar-refractivity contribution in [2.75, 3.05) is 13.1 Å². The summed E-state index contributed by atoms with van der Waals surface area (Å²) in [6.45, 7) is 4.31. The average Bonchev–Trinajstić information content (AvgIpc) is 2.83. The van der Waals surface area contributed by atoms with E-state index >= 15 is 0 Å². The molecule has 1 amide bonds. The Bertz CT molecular complexity index is 261. The number of carbonyl (C=O) groups excluding carboxylic acids is 1. The Morgan fingerprint density at radius 2 is 2.19 bits per heavy atom. The van der Waals surface area contributed by atoms with Crippen LogP contribution in [0.15, 0.2) is 12.2 Å². The maximum Gasteiger partial charge on any atom is 0.223 e. The molecule has 0 bridgehead atoms. The number of hydrogen-bond acceptors (Lipinski definition) is 2. The van der Waals surface area contributed by atoms with Gasteiger partial charge in [0.1, 0.15) is 0 Å².